The Morgan fingerprint density at radius 2 is 1.85 bits per heavy atom. The van der Waals surface area contributed by atoms with E-state index in [-0.39, 0.29) is 5.41 Å². The van der Waals surface area contributed by atoms with E-state index in [1.807, 2.05) is 30.5 Å². The van der Waals surface area contributed by atoms with Gasteiger partial charge in [-0.05, 0) is 30.5 Å². The van der Waals surface area contributed by atoms with Crippen LogP contribution in [-0.4, -0.2) is 22.6 Å². The van der Waals surface area contributed by atoms with Gasteiger partial charge in [-0.25, -0.2) is 4.98 Å². The molecule has 0 radical (unpaired) electrons. The highest BCUT2D eigenvalue weighted by molar-refractivity contribution is 5.73. The third-order valence-electron chi connectivity index (χ3n) is 3.60. The van der Waals surface area contributed by atoms with Crippen LogP contribution in [0.4, 0.5) is 0 Å². The van der Waals surface area contributed by atoms with E-state index in [9.17, 15) is 0 Å². The van der Waals surface area contributed by atoms with Gasteiger partial charge in [0.1, 0.15) is 0 Å². The molecule has 0 bridgehead atoms. The van der Waals surface area contributed by atoms with Gasteiger partial charge in [0, 0.05) is 18.7 Å². The summed E-state index contributed by atoms with van der Waals surface area (Å²) >= 11 is 0. The van der Waals surface area contributed by atoms with E-state index in [4.69, 9.17) is 4.98 Å². The van der Waals surface area contributed by atoms with Gasteiger partial charge in [-0.2, -0.15) is 0 Å². The summed E-state index contributed by atoms with van der Waals surface area (Å²) in [6.07, 6.45) is 3.98. The summed E-state index contributed by atoms with van der Waals surface area (Å²) in [6, 6.07) is 8.45. The topological polar surface area (TPSA) is 37.8 Å². The Balaban J connectivity index is 2.19. The van der Waals surface area contributed by atoms with Gasteiger partial charge in [0.15, 0.2) is 0 Å². The van der Waals surface area contributed by atoms with Crippen molar-refractivity contribution >= 4 is 11.0 Å². The summed E-state index contributed by atoms with van der Waals surface area (Å²) in [5.41, 5.74) is 3.22. The van der Waals surface area contributed by atoms with Crippen LogP contribution in [0.3, 0.4) is 0 Å². The summed E-state index contributed by atoms with van der Waals surface area (Å²) in [4.78, 5) is 9.24. The zero-order chi connectivity index (χ0) is 14.6. The second kappa shape index (κ2) is 6.31. The van der Waals surface area contributed by atoms with Gasteiger partial charge in [0.25, 0.3) is 0 Å². The van der Waals surface area contributed by atoms with E-state index in [1.165, 1.54) is 0 Å². The zero-order valence-electron chi connectivity index (χ0n) is 13.0. The van der Waals surface area contributed by atoms with Crippen LogP contribution in [0.1, 0.15) is 39.8 Å². The van der Waals surface area contributed by atoms with E-state index in [2.05, 4.69) is 38.0 Å². The minimum Gasteiger partial charge on any atom is -0.313 e. The maximum Gasteiger partial charge on any atom is 0.0890 e. The van der Waals surface area contributed by atoms with Crippen molar-refractivity contribution in [3.63, 3.8) is 0 Å². The fraction of sp³-hybridized carbons (Fsp3) is 0.529. The molecule has 1 unspecified atom stereocenters. The van der Waals surface area contributed by atoms with Crippen LogP contribution in [0.25, 0.3) is 11.0 Å². The van der Waals surface area contributed by atoms with E-state index in [0.717, 1.165) is 36.1 Å². The van der Waals surface area contributed by atoms with Gasteiger partial charge in [-0.15, -0.1) is 0 Å². The Morgan fingerprint density at radius 3 is 2.50 bits per heavy atom. The molecule has 1 heterocycles. The molecule has 0 aliphatic heterocycles. The first-order chi connectivity index (χ1) is 9.50. The summed E-state index contributed by atoms with van der Waals surface area (Å²) < 4.78 is 0. The van der Waals surface area contributed by atoms with E-state index >= 15 is 0 Å². The lowest BCUT2D eigenvalue weighted by molar-refractivity contribution is 0.265. The number of fused-ring (bicyclic) bond motifs is 1. The largest absolute Gasteiger partial charge is 0.313 e. The molecule has 2 aromatic rings. The second-order valence-electron chi connectivity index (χ2n) is 6.43. The highest BCUT2D eigenvalue weighted by Crippen LogP contribution is 2.22. The summed E-state index contributed by atoms with van der Waals surface area (Å²) in [7, 11) is 0. The Bertz CT molecular complexity index is 557. The summed E-state index contributed by atoms with van der Waals surface area (Å²) in [5.74, 6) is 0. The quantitative estimate of drug-likeness (QED) is 0.903. The van der Waals surface area contributed by atoms with Crippen molar-refractivity contribution in [2.24, 2.45) is 5.41 Å². The first kappa shape index (κ1) is 14.9. The van der Waals surface area contributed by atoms with Crippen molar-refractivity contribution in [3.05, 3.63) is 36.2 Å². The number of hydrogen-bond donors (Lipinski definition) is 1. The number of nitrogens with one attached hydrogen (secondary N) is 1. The average Bonchev–Trinajstić information content (AvgIpc) is 2.42. The van der Waals surface area contributed by atoms with E-state index in [1.54, 1.807) is 0 Å². The van der Waals surface area contributed by atoms with Gasteiger partial charge >= 0.3 is 0 Å². The van der Waals surface area contributed by atoms with Crippen LogP contribution in [0.2, 0.25) is 0 Å². The van der Waals surface area contributed by atoms with Gasteiger partial charge in [-0.1, -0.05) is 39.8 Å². The third kappa shape index (κ3) is 3.76. The van der Waals surface area contributed by atoms with Crippen LogP contribution in [0, 0.1) is 5.41 Å². The molecule has 0 aliphatic carbocycles. The van der Waals surface area contributed by atoms with Crippen molar-refractivity contribution in [2.75, 3.05) is 6.54 Å². The number of aromatic nitrogens is 2. The molecule has 0 saturated carbocycles. The van der Waals surface area contributed by atoms with E-state index in [0.29, 0.717) is 6.04 Å². The van der Waals surface area contributed by atoms with Crippen molar-refractivity contribution < 1.29 is 0 Å². The van der Waals surface area contributed by atoms with Gasteiger partial charge < -0.3 is 5.32 Å². The predicted molar refractivity (Wildman–Crippen MR) is 84.8 cm³/mol. The summed E-state index contributed by atoms with van der Waals surface area (Å²) in [6.45, 7) is 10.1. The third-order valence-corrected chi connectivity index (χ3v) is 3.60. The molecule has 108 valence electrons. The van der Waals surface area contributed by atoms with Crippen LogP contribution in [0.5, 0.6) is 0 Å². The lowest BCUT2D eigenvalue weighted by Gasteiger charge is -2.31. The monoisotopic (exact) mass is 271 g/mol. The molecule has 0 aliphatic rings. The van der Waals surface area contributed by atoms with Crippen LogP contribution in [0.15, 0.2) is 30.5 Å². The second-order valence-corrected chi connectivity index (χ2v) is 6.43. The molecule has 3 nitrogen and oxygen atoms in total. The molecule has 1 N–H and O–H groups in total. The van der Waals surface area contributed by atoms with Crippen molar-refractivity contribution in [1.29, 1.82) is 0 Å². The number of para-hydroxylation sites is 2. The number of benzene rings is 1. The normalized spacial score (nSPS) is 13.6. The Labute approximate surface area is 121 Å². The highest BCUT2D eigenvalue weighted by Gasteiger charge is 2.24. The van der Waals surface area contributed by atoms with Crippen LogP contribution in [-0.2, 0) is 6.42 Å². The molecule has 0 saturated heterocycles. The van der Waals surface area contributed by atoms with Gasteiger partial charge in [0.05, 0.1) is 16.7 Å². The van der Waals surface area contributed by atoms with Crippen molar-refractivity contribution in [2.45, 2.75) is 46.6 Å². The lowest BCUT2D eigenvalue weighted by Crippen LogP contribution is -2.42. The Kier molecular flexibility index (Phi) is 4.71. The van der Waals surface area contributed by atoms with Gasteiger partial charge in [0.2, 0.25) is 0 Å². The number of rotatable bonds is 5. The maximum atomic E-state index is 4.73. The molecular formula is C17H25N3. The van der Waals surface area contributed by atoms with Gasteiger partial charge in [-0.3, -0.25) is 4.98 Å². The smallest absolute Gasteiger partial charge is 0.0890 e. The SMILES string of the molecule is CCCNC(Cc1cnc2ccccc2n1)C(C)(C)C. The highest BCUT2D eigenvalue weighted by atomic mass is 14.9. The average molecular weight is 271 g/mol. The Morgan fingerprint density at radius 1 is 1.15 bits per heavy atom. The predicted octanol–water partition coefficient (Wildman–Crippen LogP) is 3.59. The minimum absolute atomic E-state index is 0.211. The molecule has 2 rings (SSSR count). The van der Waals surface area contributed by atoms with Crippen molar-refractivity contribution in [3.8, 4) is 0 Å². The molecule has 1 aromatic heterocycles. The molecule has 3 heteroatoms. The fourth-order valence-corrected chi connectivity index (χ4v) is 2.31. The van der Waals surface area contributed by atoms with Crippen molar-refractivity contribution in [1.82, 2.24) is 15.3 Å². The molecule has 0 fully saturated rings. The molecule has 0 amide bonds. The zero-order valence-corrected chi connectivity index (χ0v) is 13.0. The molecular weight excluding hydrogens is 246 g/mol. The molecule has 0 spiro atoms. The lowest BCUT2D eigenvalue weighted by atomic mass is 9.84. The Hall–Kier alpha value is -1.48. The van der Waals surface area contributed by atoms with Crippen LogP contribution < -0.4 is 5.32 Å². The maximum absolute atomic E-state index is 4.73. The minimum atomic E-state index is 0.211. The molecule has 20 heavy (non-hydrogen) atoms. The first-order valence-electron chi connectivity index (χ1n) is 7.44. The number of hydrogen-bond acceptors (Lipinski definition) is 3. The first-order valence-corrected chi connectivity index (χ1v) is 7.44. The van der Waals surface area contributed by atoms with E-state index < -0.39 is 0 Å². The molecule has 1 aromatic carbocycles. The van der Waals surface area contributed by atoms with Crippen LogP contribution >= 0.6 is 0 Å². The molecule has 1 atom stereocenters. The standard InChI is InChI=1S/C17H25N3/c1-5-10-18-16(17(2,3)4)11-13-12-19-14-8-6-7-9-15(14)20-13/h6-9,12,16,18H,5,10-11H2,1-4H3. The number of nitrogens with zero attached hydrogens (tertiary/aromatic N) is 2. The summed E-state index contributed by atoms with van der Waals surface area (Å²) in [5, 5.41) is 3.64. The fourth-order valence-electron chi connectivity index (χ4n) is 2.31.